The van der Waals surface area contributed by atoms with Crippen molar-refractivity contribution in [3.05, 3.63) is 28.8 Å². The van der Waals surface area contributed by atoms with Crippen LogP contribution >= 0.6 is 7.82 Å². The summed E-state index contributed by atoms with van der Waals surface area (Å²) in [5.41, 5.74) is 3.75. The minimum absolute atomic E-state index is 0.405. The lowest BCUT2D eigenvalue weighted by Gasteiger charge is -2.20. The van der Waals surface area contributed by atoms with Crippen LogP contribution in [0.1, 0.15) is 174 Å². The quantitative estimate of drug-likeness (QED) is 0.0827. The molecule has 2 N–H and O–H groups in total. The number of hydrogen-bond acceptors (Lipinski definition) is 2. The first-order valence-electron chi connectivity index (χ1n) is 17.4. The normalized spacial score (nSPS) is 12.3. The zero-order valence-electron chi connectivity index (χ0n) is 27.9. The van der Waals surface area contributed by atoms with Gasteiger partial charge in [0.05, 0.1) is 0 Å². The van der Waals surface area contributed by atoms with E-state index in [0.29, 0.717) is 5.75 Å². The van der Waals surface area contributed by atoms with Crippen molar-refractivity contribution in [2.24, 2.45) is 17.8 Å². The van der Waals surface area contributed by atoms with Gasteiger partial charge in [0.15, 0.2) is 0 Å². The summed E-state index contributed by atoms with van der Waals surface area (Å²) in [6, 6.07) is 3.93. The maximum absolute atomic E-state index is 11.9. The molecule has 0 aromatic heterocycles. The summed E-state index contributed by atoms with van der Waals surface area (Å²) >= 11 is 0. The van der Waals surface area contributed by atoms with Gasteiger partial charge >= 0.3 is 7.82 Å². The Morgan fingerprint density at radius 2 is 0.902 bits per heavy atom. The van der Waals surface area contributed by atoms with Gasteiger partial charge in [-0.05, 0) is 79.0 Å². The zero-order chi connectivity index (χ0) is 30.5. The van der Waals surface area contributed by atoms with Gasteiger partial charge in [0.25, 0.3) is 0 Å². The number of phosphoric acid groups is 1. The van der Waals surface area contributed by atoms with E-state index in [9.17, 15) is 14.4 Å². The smallest absolute Gasteiger partial charge is 0.404 e. The lowest BCUT2D eigenvalue weighted by atomic mass is 9.89. The van der Waals surface area contributed by atoms with Gasteiger partial charge in [0, 0.05) is 0 Å². The highest BCUT2D eigenvalue weighted by Crippen LogP contribution is 2.41. The first-order valence-corrected chi connectivity index (χ1v) is 18.9. The molecule has 1 aromatic rings. The van der Waals surface area contributed by atoms with Gasteiger partial charge < -0.3 is 4.52 Å². The Balaban J connectivity index is 2.91. The number of aryl methyl sites for hydroxylation is 1. The third-order valence-corrected chi connectivity index (χ3v) is 8.78. The fourth-order valence-corrected chi connectivity index (χ4v) is 6.35. The van der Waals surface area contributed by atoms with Crippen LogP contribution in [0.5, 0.6) is 5.75 Å². The molecule has 0 bridgehead atoms. The van der Waals surface area contributed by atoms with Crippen molar-refractivity contribution in [1.29, 1.82) is 0 Å². The second-order valence-electron chi connectivity index (χ2n) is 13.9. The third kappa shape index (κ3) is 20.7. The largest absolute Gasteiger partial charge is 0.524 e. The molecule has 0 saturated heterocycles. The molecule has 0 fully saturated rings. The molecule has 0 heterocycles. The molecule has 1 rings (SSSR count). The van der Waals surface area contributed by atoms with Gasteiger partial charge in [0.2, 0.25) is 0 Å². The van der Waals surface area contributed by atoms with Crippen molar-refractivity contribution in [2.45, 2.75) is 176 Å². The first kappa shape index (κ1) is 38.2. The predicted molar refractivity (Wildman–Crippen MR) is 178 cm³/mol. The van der Waals surface area contributed by atoms with Crippen molar-refractivity contribution in [3.63, 3.8) is 0 Å². The van der Waals surface area contributed by atoms with Gasteiger partial charge in [-0.25, -0.2) is 4.57 Å². The van der Waals surface area contributed by atoms with E-state index in [2.05, 4.69) is 47.6 Å². The number of hydrogen-bond donors (Lipinski definition) is 2. The van der Waals surface area contributed by atoms with E-state index in [-0.39, 0.29) is 0 Å². The first-order chi connectivity index (χ1) is 19.5. The SMILES string of the molecule is CC(C)CCCCCCCc1ccc(OP(=O)(O)O)c(CCCCCCCC(C)C)c1CCCCCCCC(C)C. The van der Waals surface area contributed by atoms with E-state index in [1.165, 1.54) is 107 Å². The Morgan fingerprint density at radius 3 is 1.32 bits per heavy atom. The van der Waals surface area contributed by atoms with E-state index in [1.807, 2.05) is 6.07 Å². The van der Waals surface area contributed by atoms with Crippen LogP contribution in [0.2, 0.25) is 0 Å². The van der Waals surface area contributed by atoms with Gasteiger partial charge in [-0.3, -0.25) is 9.79 Å². The van der Waals surface area contributed by atoms with Crippen LogP contribution in [0.3, 0.4) is 0 Å². The van der Waals surface area contributed by atoms with E-state index in [0.717, 1.165) is 61.8 Å². The van der Waals surface area contributed by atoms with E-state index < -0.39 is 7.82 Å². The Hall–Kier alpha value is -0.830. The van der Waals surface area contributed by atoms with Crippen LogP contribution in [0.15, 0.2) is 12.1 Å². The van der Waals surface area contributed by atoms with Gasteiger partial charge in [-0.15, -0.1) is 0 Å². The predicted octanol–water partition coefficient (Wildman–Crippen LogP) is 11.8. The maximum Gasteiger partial charge on any atom is 0.524 e. The number of benzene rings is 1. The van der Waals surface area contributed by atoms with Gasteiger partial charge in [-0.2, -0.15) is 0 Å². The molecule has 0 radical (unpaired) electrons. The summed E-state index contributed by atoms with van der Waals surface area (Å²) in [4.78, 5) is 19.3. The monoisotopic (exact) mass is 594 g/mol. The van der Waals surface area contributed by atoms with Gasteiger partial charge in [-0.1, -0.05) is 144 Å². The van der Waals surface area contributed by atoms with Crippen LogP contribution < -0.4 is 4.52 Å². The van der Waals surface area contributed by atoms with Crippen molar-refractivity contribution >= 4 is 7.82 Å². The Bertz CT molecular complexity index is 827. The molecule has 4 nitrogen and oxygen atoms in total. The molecular formula is C36H67O4P. The number of phosphoric ester groups is 1. The summed E-state index contributed by atoms with van der Waals surface area (Å²) in [5, 5.41) is 0. The molecule has 240 valence electrons. The minimum Gasteiger partial charge on any atom is -0.404 e. The summed E-state index contributed by atoms with van der Waals surface area (Å²) in [6.45, 7) is 13.8. The van der Waals surface area contributed by atoms with Crippen molar-refractivity contribution < 1.29 is 18.9 Å². The molecule has 1 aromatic carbocycles. The molecule has 41 heavy (non-hydrogen) atoms. The van der Waals surface area contributed by atoms with Crippen molar-refractivity contribution in [1.82, 2.24) is 0 Å². The average molecular weight is 595 g/mol. The van der Waals surface area contributed by atoms with E-state index >= 15 is 0 Å². The summed E-state index contributed by atoms with van der Waals surface area (Å²) < 4.78 is 17.2. The topological polar surface area (TPSA) is 66.8 Å². The average Bonchev–Trinajstić information content (AvgIpc) is 2.87. The molecule has 0 aliphatic rings. The molecule has 0 amide bonds. The second kappa shape index (κ2) is 22.7. The van der Waals surface area contributed by atoms with Crippen LogP contribution in [0.4, 0.5) is 0 Å². The van der Waals surface area contributed by atoms with Crippen molar-refractivity contribution in [3.8, 4) is 5.75 Å². The number of rotatable bonds is 26. The maximum atomic E-state index is 11.9. The molecule has 0 spiro atoms. The molecular weight excluding hydrogens is 527 g/mol. The summed E-state index contributed by atoms with van der Waals surface area (Å²) in [7, 11) is -4.61. The van der Waals surface area contributed by atoms with Crippen LogP contribution in [0.25, 0.3) is 0 Å². The fraction of sp³-hybridized carbons (Fsp3) is 0.833. The molecule has 0 saturated carbocycles. The highest BCUT2D eigenvalue weighted by Gasteiger charge is 2.21. The standard InChI is InChI=1S/C36H67O4P/c1-30(2)22-16-10-7-13-19-25-33-28-29-36(40-41(37,38)39)35(27-21-15-9-12-18-24-32(5)6)34(33)26-20-14-8-11-17-23-31(3)4/h28-32H,7-27H2,1-6H3,(H2,37,38,39). The third-order valence-electron chi connectivity index (χ3n) is 8.35. The summed E-state index contributed by atoms with van der Waals surface area (Å²) in [6.07, 6.45) is 25.4. The molecule has 0 unspecified atom stereocenters. The van der Waals surface area contributed by atoms with E-state index in [4.69, 9.17) is 4.52 Å². The lowest BCUT2D eigenvalue weighted by molar-refractivity contribution is 0.282. The highest BCUT2D eigenvalue weighted by molar-refractivity contribution is 7.46. The van der Waals surface area contributed by atoms with Gasteiger partial charge in [0.1, 0.15) is 5.75 Å². The molecule has 0 aliphatic heterocycles. The van der Waals surface area contributed by atoms with Crippen LogP contribution in [0, 0.1) is 17.8 Å². The Labute approximate surface area is 255 Å². The van der Waals surface area contributed by atoms with Crippen LogP contribution in [-0.2, 0) is 23.8 Å². The zero-order valence-corrected chi connectivity index (χ0v) is 28.8. The Kier molecular flexibility index (Phi) is 21.1. The molecule has 5 heteroatoms. The summed E-state index contributed by atoms with van der Waals surface area (Å²) in [5.74, 6) is 2.74. The number of unbranched alkanes of at least 4 members (excludes halogenated alkanes) is 12. The highest BCUT2D eigenvalue weighted by atomic mass is 31.2. The molecule has 0 atom stereocenters. The van der Waals surface area contributed by atoms with Crippen molar-refractivity contribution in [2.75, 3.05) is 0 Å². The van der Waals surface area contributed by atoms with Crippen LogP contribution in [-0.4, -0.2) is 9.79 Å². The second-order valence-corrected chi connectivity index (χ2v) is 15.0. The van der Waals surface area contributed by atoms with E-state index in [1.54, 1.807) is 0 Å². The molecule has 0 aliphatic carbocycles. The fourth-order valence-electron chi connectivity index (χ4n) is 5.92. The lowest BCUT2D eigenvalue weighted by Crippen LogP contribution is -2.05. The minimum atomic E-state index is -4.61. The Morgan fingerprint density at radius 1 is 0.537 bits per heavy atom.